The monoisotopic (exact) mass is 233 g/mol. The lowest BCUT2D eigenvalue weighted by Crippen LogP contribution is -2.22. The number of aryl methyl sites for hydroxylation is 1. The molecule has 0 spiro atoms. The van der Waals surface area contributed by atoms with Crippen LogP contribution in [-0.4, -0.2) is 0 Å². The van der Waals surface area contributed by atoms with Crippen LogP contribution in [0.1, 0.15) is 26.3 Å². The summed E-state index contributed by atoms with van der Waals surface area (Å²) in [5, 5.41) is 0. The zero-order valence-electron chi connectivity index (χ0n) is 11.0. The van der Waals surface area contributed by atoms with Gasteiger partial charge >= 0.3 is 0 Å². The van der Waals surface area contributed by atoms with Crippen molar-refractivity contribution in [1.82, 2.24) is 0 Å². The summed E-state index contributed by atoms with van der Waals surface area (Å²) < 4.78 is 13.3. The highest BCUT2D eigenvalue weighted by molar-refractivity contribution is 5.58. The second-order valence-corrected chi connectivity index (χ2v) is 4.65. The first kappa shape index (κ1) is 13.5. The molecule has 0 saturated heterocycles. The minimum absolute atomic E-state index is 0.189. The van der Waals surface area contributed by atoms with Crippen molar-refractivity contribution in [3.05, 3.63) is 54.1 Å². The molecule has 0 aliphatic carbocycles. The Balaban J connectivity index is 3.19. The number of hydrogen-bond donors (Lipinski definition) is 0. The zero-order chi connectivity index (χ0) is 13.2. The Morgan fingerprint density at radius 3 is 2.29 bits per heavy atom. The number of allylic oxidation sites excluding steroid dienone is 2. The van der Waals surface area contributed by atoms with E-state index in [-0.39, 0.29) is 5.82 Å². The predicted molar refractivity (Wildman–Crippen MR) is 72.4 cm³/mol. The van der Waals surface area contributed by atoms with Crippen LogP contribution in [0.25, 0.3) is 0 Å². The molecule has 0 atom stereocenters. The van der Waals surface area contributed by atoms with E-state index >= 15 is 0 Å². The first-order chi connectivity index (χ1) is 7.84. The second-order valence-electron chi connectivity index (χ2n) is 4.65. The van der Waals surface area contributed by atoms with E-state index in [1.807, 2.05) is 17.9 Å². The Morgan fingerprint density at radius 1 is 1.29 bits per heavy atom. The topological polar surface area (TPSA) is 3.24 Å². The smallest absolute Gasteiger partial charge is 0.126 e. The van der Waals surface area contributed by atoms with Crippen molar-refractivity contribution in [3.8, 4) is 0 Å². The fourth-order valence-corrected chi connectivity index (χ4v) is 1.66. The maximum Gasteiger partial charge on any atom is 0.126 e. The van der Waals surface area contributed by atoms with Crippen LogP contribution < -0.4 is 4.90 Å². The van der Waals surface area contributed by atoms with Gasteiger partial charge in [-0.25, -0.2) is 4.39 Å². The molecule has 0 aromatic heterocycles. The van der Waals surface area contributed by atoms with Gasteiger partial charge in [-0.1, -0.05) is 27.0 Å². The van der Waals surface area contributed by atoms with Gasteiger partial charge in [0, 0.05) is 17.1 Å². The van der Waals surface area contributed by atoms with E-state index in [2.05, 4.69) is 27.0 Å². The highest BCUT2D eigenvalue weighted by Gasteiger charge is 2.14. The lowest BCUT2D eigenvalue weighted by molar-refractivity contribution is 0.618. The largest absolute Gasteiger partial charge is 0.319 e. The molecule has 0 bridgehead atoms. The lowest BCUT2D eigenvalue weighted by Gasteiger charge is -2.29. The van der Waals surface area contributed by atoms with Crippen molar-refractivity contribution in [3.63, 3.8) is 0 Å². The van der Waals surface area contributed by atoms with Gasteiger partial charge < -0.3 is 4.90 Å². The Hall–Kier alpha value is -1.57. The van der Waals surface area contributed by atoms with Crippen LogP contribution in [0, 0.1) is 18.7 Å². The van der Waals surface area contributed by atoms with Crippen molar-refractivity contribution in [2.24, 2.45) is 5.92 Å². The summed E-state index contributed by atoms with van der Waals surface area (Å²) in [6.07, 6.45) is 0. The van der Waals surface area contributed by atoms with Gasteiger partial charge in [0.05, 0.1) is 0 Å². The van der Waals surface area contributed by atoms with E-state index in [1.165, 1.54) is 6.07 Å². The summed E-state index contributed by atoms with van der Waals surface area (Å²) >= 11 is 0. The number of hydrogen-bond acceptors (Lipinski definition) is 1. The third-order valence-corrected chi connectivity index (χ3v) is 2.74. The van der Waals surface area contributed by atoms with Gasteiger partial charge in [0.15, 0.2) is 0 Å². The molecule has 17 heavy (non-hydrogen) atoms. The Bertz CT molecular complexity index is 446. The third kappa shape index (κ3) is 2.96. The SMILES string of the molecule is C=C(C)N(C(=C)C(C)C)c1ccc(F)c(C)c1. The standard InChI is InChI=1S/C15H20FN/c1-10(2)13(6)17(11(3)4)14-7-8-15(16)12(5)9-14/h7-10H,3,6H2,1-2,4-5H3. The van der Waals surface area contributed by atoms with Crippen molar-refractivity contribution in [1.29, 1.82) is 0 Å². The molecule has 0 N–H and O–H groups in total. The highest BCUT2D eigenvalue weighted by atomic mass is 19.1. The van der Waals surface area contributed by atoms with E-state index < -0.39 is 0 Å². The molecule has 0 aliphatic rings. The Kier molecular flexibility index (Phi) is 4.11. The van der Waals surface area contributed by atoms with Gasteiger partial charge in [0.2, 0.25) is 0 Å². The molecule has 0 unspecified atom stereocenters. The van der Waals surface area contributed by atoms with E-state index in [0.717, 1.165) is 17.1 Å². The van der Waals surface area contributed by atoms with Gasteiger partial charge in [-0.2, -0.15) is 0 Å². The molecule has 1 aromatic carbocycles. The average Bonchev–Trinajstić information content (AvgIpc) is 2.22. The van der Waals surface area contributed by atoms with Crippen molar-refractivity contribution < 1.29 is 4.39 Å². The molecule has 0 amide bonds. The van der Waals surface area contributed by atoms with E-state index in [9.17, 15) is 4.39 Å². The minimum atomic E-state index is -0.189. The van der Waals surface area contributed by atoms with Crippen LogP contribution >= 0.6 is 0 Å². The molecule has 2 heteroatoms. The number of halogens is 1. The molecule has 0 saturated carbocycles. The van der Waals surface area contributed by atoms with E-state index in [1.54, 1.807) is 13.0 Å². The summed E-state index contributed by atoms with van der Waals surface area (Å²) in [7, 11) is 0. The van der Waals surface area contributed by atoms with Crippen LogP contribution in [-0.2, 0) is 0 Å². The maximum atomic E-state index is 13.3. The maximum absolute atomic E-state index is 13.3. The third-order valence-electron chi connectivity index (χ3n) is 2.74. The summed E-state index contributed by atoms with van der Waals surface area (Å²) in [4.78, 5) is 1.97. The molecule has 0 radical (unpaired) electrons. The highest BCUT2D eigenvalue weighted by Crippen LogP contribution is 2.27. The molecule has 0 heterocycles. The summed E-state index contributed by atoms with van der Waals surface area (Å²) in [5.41, 5.74) is 3.39. The van der Waals surface area contributed by atoms with E-state index in [0.29, 0.717) is 11.5 Å². The van der Waals surface area contributed by atoms with Crippen molar-refractivity contribution >= 4 is 5.69 Å². The van der Waals surface area contributed by atoms with Crippen LogP contribution in [0.5, 0.6) is 0 Å². The average molecular weight is 233 g/mol. The molecular weight excluding hydrogens is 213 g/mol. The van der Waals surface area contributed by atoms with E-state index in [4.69, 9.17) is 0 Å². The van der Waals surface area contributed by atoms with Crippen molar-refractivity contribution in [2.75, 3.05) is 4.90 Å². The second kappa shape index (κ2) is 5.17. The number of anilines is 1. The minimum Gasteiger partial charge on any atom is -0.319 e. The summed E-state index contributed by atoms with van der Waals surface area (Å²) in [6, 6.07) is 5.05. The molecule has 1 nitrogen and oxygen atoms in total. The predicted octanol–water partition coefficient (Wildman–Crippen LogP) is 4.64. The number of rotatable bonds is 4. The van der Waals surface area contributed by atoms with Gasteiger partial charge in [-0.3, -0.25) is 0 Å². The van der Waals surface area contributed by atoms with Gasteiger partial charge in [-0.15, -0.1) is 0 Å². The first-order valence-corrected chi connectivity index (χ1v) is 5.75. The molecular formula is C15H20FN. The fourth-order valence-electron chi connectivity index (χ4n) is 1.66. The van der Waals surface area contributed by atoms with Crippen LogP contribution in [0.2, 0.25) is 0 Å². The zero-order valence-corrected chi connectivity index (χ0v) is 11.0. The Morgan fingerprint density at radius 2 is 1.88 bits per heavy atom. The normalized spacial score (nSPS) is 10.5. The van der Waals surface area contributed by atoms with Gasteiger partial charge in [0.1, 0.15) is 5.82 Å². The molecule has 1 aromatic rings. The summed E-state index contributed by atoms with van der Waals surface area (Å²) in [6.45, 7) is 15.9. The first-order valence-electron chi connectivity index (χ1n) is 5.75. The molecule has 0 aliphatic heterocycles. The van der Waals surface area contributed by atoms with Crippen LogP contribution in [0.3, 0.4) is 0 Å². The van der Waals surface area contributed by atoms with Crippen LogP contribution in [0.15, 0.2) is 42.8 Å². The van der Waals surface area contributed by atoms with Gasteiger partial charge in [-0.05, 0) is 43.5 Å². The lowest BCUT2D eigenvalue weighted by atomic mass is 10.1. The number of benzene rings is 1. The van der Waals surface area contributed by atoms with Crippen molar-refractivity contribution in [2.45, 2.75) is 27.7 Å². The Labute approximate surface area is 103 Å². The molecule has 92 valence electrons. The molecule has 1 rings (SSSR count). The fraction of sp³-hybridized carbons (Fsp3) is 0.333. The summed E-state index contributed by atoms with van der Waals surface area (Å²) in [5.74, 6) is 0.127. The van der Waals surface area contributed by atoms with Gasteiger partial charge in [0.25, 0.3) is 0 Å². The number of nitrogens with zero attached hydrogens (tertiary/aromatic N) is 1. The quantitative estimate of drug-likeness (QED) is 0.732. The molecule has 0 fully saturated rings. The van der Waals surface area contributed by atoms with Crippen LogP contribution in [0.4, 0.5) is 10.1 Å².